The Bertz CT molecular complexity index is 367. The molecule has 0 saturated carbocycles. The molecule has 0 fully saturated rings. The molecule has 0 saturated heterocycles. The quantitative estimate of drug-likeness (QED) is 0.543. The third-order valence-electron chi connectivity index (χ3n) is 1.29. The summed E-state index contributed by atoms with van der Waals surface area (Å²) in [5, 5.41) is 0. The molecule has 1 N–H and O–H groups in total. The van der Waals surface area contributed by atoms with E-state index in [1.165, 1.54) is 12.1 Å². The number of hydrogen-bond donors (Lipinski definition) is 1. The molecule has 0 heterocycles. The molecule has 64 valence electrons. The topological polar surface area (TPSA) is 54.4 Å². The summed E-state index contributed by atoms with van der Waals surface area (Å²) < 4.78 is 29.7. The summed E-state index contributed by atoms with van der Waals surface area (Å²) in [5.41, 5.74) is 0.806. The van der Waals surface area contributed by atoms with Gasteiger partial charge in [0.05, 0.1) is 4.90 Å². The van der Waals surface area contributed by atoms with Crippen molar-refractivity contribution in [1.82, 2.24) is 0 Å². The van der Waals surface area contributed by atoms with E-state index in [9.17, 15) is 8.42 Å². The van der Waals surface area contributed by atoms with E-state index in [0.29, 0.717) is 0 Å². The first-order chi connectivity index (χ1) is 5.00. The fourth-order valence-electron chi connectivity index (χ4n) is 0.776. The van der Waals surface area contributed by atoms with Crippen molar-refractivity contribution >= 4 is 33.2 Å². The second-order valence-corrected chi connectivity index (χ2v) is 3.71. The van der Waals surface area contributed by atoms with E-state index in [2.05, 4.69) is 0 Å². The first-order valence-electron chi connectivity index (χ1n) is 3.04. The third kappa shape index (κ3) is 3.10. The van der Waals surface area contributed by atoms with Gasteiger partial charge >= 0.3 is 23.1 Å². The van der Waals surface area contributed by atoms with Crippen LogP contribution in [0.15, 0.2) is 29.2 Å². The summed E-state index contributed by atoms with van der Waals surface area (Å²) in [4.78, 5) is -0.0579. The molecule has 1 rings (SSSR count). The molecular weight excluding hydrogens is 188 g/mol. The predicted octanol–water partition coefficient (Wildman–Crippen LogP) is 1.09. The third-order valence-corrected chi connectivity index (χ3v) is 2.14. The van der Waals surface area contributed by atoms with Gasteiger partial charge in [-0.15, -0.1) is 0 Å². The van der Waals surface area contributed by atoms with Crippen molar-refractivity contribution in [3.63, 3.8) is 0 Å². The van der Waals surface area contributed by atoms with E-state index >= 15 is 0 Å². The molecule has 3 nitrogen and oxygen atoms in total. The largest absolute Gasteiger partial charge is 2.00 e. The maximum absolute atomic E-state index is 10.5. The molecule has 1 aromatic carbocycles. The molecule has 0 aliphatic carbocycles. The van der Waals surface area contributed by atoms with Gasteiger partial charge in [0, 0.05) is 0 Å². The number of aryl methyl sites for hydroxylation is 1. The van der Waals surface area contributed by atoms with Gasteiger partial charge in [0.15, 0.2) is 0 Å². The van der Waals surface area contributed by atoms with E-state index in [4.69, 9.17) is 4.55 Å². The van der Waals surface area contributed by atoms with Crippen LogP contribution >= 0.6 is 0 Å². The minimum atomic E-state index is -4.03. The molecule has 0 unspecified atom stereocenters. The molecule has 0 radical (unpaired) electrons. The van der Waals surface area contributed by atoms with Crippen LogP contribution in [0.3, 0.4) is 0 Å². The maximum Gasteiger partial charge on any atom is 2.00 e. The van der Waals surface area contributed by atoms with Crippen molar-refractivity contribution in [2.45, 2.75) is 11.8 Å². The zero-order chi connectivity index (χ0) is 8.48. The Kier molecular flexibility index (Phi) is 4.19. The van der Waals surface area contributed by atoms with E-state index in [1.54, 1.807) is 19.1 Å². The van der Waals surface area contributed by atoms with Crippen molar-refractivity contribution in [2.24, 2.45) is 0 Å². The summed E-state index contributed by atoms with van der Waals surface area (Å²) in [6.07, 6.45) is 0. The van der Waals surface area contributed by atoms with Gasteiger partial charge in [-0.2, -0.15) is 8.42 Å². The van der Waals surface area contributed by atoms with Gasteiger partial charge in [-0.25, -0.2) is 0 Å². The Balaban J connectivity index is -0.000000403. The van der Waals surface area contributed by atoms with Crippen LogP contribution in [0.1, 0.15) is 8.42 Å². The summed E-state index contributed by atoms with van der Waals surface area (Å²) >= 11 is 0. The van der Waals surface area contributed by atoms with Crippen LogP contribution in [-0.4, -0.2) is 36.0 Å². The normalized spacial score (nSPS) is 10.5. The molecular formula is C7H10MgO3S. The maximum atomic E-state index is 10.5. The molecule has 0 aliphatic heterocycles. The van der Waals surface area contributed by atoms with Gasteiger partial charge in [-0.3, -0.25) is 4.55 Å². The van der Waals surface area contributed by atoms with Crippen LogP contribution in [0.2, 0.25) is 0 Å². The Labute approximate surface area is 90.7 Å². The molecule has 12 heavy (non-hydrogen) atoms. The first kappa shape index (κ1) is 11.9. The minimum absolute atomic E-state index is 0. The standard InChI is InChI=1S/C7H8O3S.Mg.2H/c1-6-3-2-4-7(5-6)11(8,9)10;;;/h2-5H,1H3,(H,8,9,10);;;/q;+2;2*-1. The molecule has 0 atom stereocenters. The van der Waals surface area contributed by atoms with Gasteiger partial charge in [0.2, 0.25) is 0 Å². The van der Waals surface area contributed by atoms with Gasteiger partial charge in [-0.05, 0) is 24.6 Å². The Morgan fingerprint density at radius 2 is 2.00 bits per heavy atom. The average Bonchev–Trinajstić information content (AvgIpc) is 1.86. The Hall–Kier alpha value is -0.104. The van der Waals surface area contributed by atoms with Crippen molar-refractivity contribution in [2.75, 3.05) is 0 Å². The zero-order valence-corrected chi connectivity index (χ0v) is 8.92. The van der Waals surface area contributed by atoms with E-state index in [-0.39, 0.29) is 30.8 Å². The summed E-state index contributed by atoms with van der Waals surface area (Å²) in [6.45, 7) is 1.76. The van der Waals surface area contributed by atoms with Crippen molar-refractivity contribution in [3.8, 4) is 0 Å². The SMILES string of the molecule is Cc1cccc(S(=O)(=O)O)c1.[H-].[H-].[Mg+2]. The molecule has 0 aromatic heterocycles. The molecule has 0 bridgehead atoms. The van der Waals surface area contributed by atoms with Crippen molar-refractivity contribution < 1.29 is 15.8 Å². The van der Waals surface area contributed by atoms with Crippen molar-refractivity contribution in [3.05, 3.63) is 29.8 Å². The summed E-state index contributed by atoms with van der Waals surface area (Å²) in [6, 6.07) is 6.10. The second kappa shape index (κ2) is 4.22. The van der Waals surface area contributed by atoms with Crippen LogP contribution in [0.4, 0.5) is 0 Å². The van der Waals surface area contributed by atoms with Crippen molar-refractivity contribution in [1.29, 1.82) is 0 Å². The minimum Gasteiger partial charge on any atom is -1.00 e. The monoisotopic (exact) mass is 198 g/mol. The van der Waals surface area contributed by atoms with Crippen LogP contribution < -0.4 is 0 Å². The Morgan fingerprint density at radius 3 is 2.33 bits per heavy atom. The van der Waals surface area contributed by atoms with E-state index in [0.717, 1.165) is 5.56 Å². The van der Waals surface area contributed by atoms with Gasteiger partial charge in [0.1, 0.15) is 0 Å². The zero-order valence-electron chi connectivity index (χ0n) is 8.69. The predicted molar refractivity (Wildman–Crippen MR) is 49.0 cm³/mol. The fourth-order valence-corrected chi connectivity index (χ4v) is 1.36. The number of benzene rings is 1. The van der Waals surface area contributed by atoms with Crippen LogP contribution in [0.5, 0.6) is 0 Å². The van der Waals surface area contributed by atoms with Gasteiger partial charge < -0.3 is 2.85 Å². The van der Waals surface area contributed by atoms with Gasteiger partial charge in [0.25, 0.3) is 10.1 Å². The molecule has 0 aliphatic rings. The van der Waals surface area contributed by atoms with Crippen LogP contribution in [-0.2, 0) is 10.1 Å². The summed E-state index contributed by atoms with van der Waals surface area (Å²) in [5.74, 6) is 0. The first-order valence-corrected chi connectivity index (χ1v) is 4.48. The number of rotatable bonds is 1. The van der Waals surface area contributed by atoms with E-state index < -0.39 is 10.1 Å². The Morgan fingerprint density at radius 1 is 1.42 bits per heavy atom. The van der Waals surface area contributed by atoms with Crippen LogP contribution in [0, 0.1) is 6.92 Å². The summed E-state index contributed by atoms with van der Waals surface area (Å²) in [7, 11) is -4.03. The smallest absolute Gasteiger partial charge is 1.00 e. The molecule has 5 heteroatoms. The fraction of sp³-hybridized carbons (Fsp3) is 0.143. The average molecular weight is 199 g/mol. The molecule has 0 amide bonds. The molecule has 1 aromatic rings. The van der Waals surface area contributed by atoms with Gasteiger partial charge in [-0.1, -0.05) is 12.1 Å². The number of hydrogen-bond acceptors (Lipinski definition) is 2. The van der Waals surface area contributed by atoms with Crippen LogP contribution in [0.25, 0.3) is 0 Å². The molecule has 0 spiro atoms. The second-order valence-electron chi connectivity index (χ2n) is 2.29. The van der Waals surface area contributed by atoms with E-state index in [1.807, 2.05) is 0 Å².